The number of nitrogens with one attached hydrogen (secondary N) is 1. The second kappa shape index (κ2) is 4.98. The van der Waals surface area contributed by atoms with Gasteiger partial charge in [-0.15, -0.1) is 0 Å². The zero-order valence-electron chi connectivity index (χ0n) is 7.36. The Morgan fingerprint density at radius 2 is 2.08 bits per heavy atom. The molecule has 68 valence electrons. The standard InChI is InChI=1S/C10H11NO2/c1-13-10(12)7-8-11-9-5-3-2-4-6-9/h2-8,11H,1H3/b8-7-. The van der Waals surface area contributed by atoms with E-state index in [1.54, 1.807) is 6.20 Å². The first kappa shape index (κ1) is 9.32. The number of anilines is 1. The zero-order valence-corrected chi connectivity index (χ0v) is 7.36. The largest absolute Gasteiger partial charge is 0.466 e. The molecule has 0 saturated heterocycles. The number of hydrogen-bond acceptors (Lipinski definition) is 3. The van der Waals surface area contributed by atoms with Crippen LogP contribution in [0, 0.1) is 0 Å². The predicted octanol–water partition coefficient (Wildman–Crippen LogP) is 1.79. The van der Waals surface area contributed by atoms with Gasteiger partial charge < -0.3 is 10.1 Å². The monoisotopic (exact) mass is 177 g/mol. The van der Waals surface area contributed by atoms with E-state index in [2.05, 4.69) is 10.1 Å². The molecule has 0 radical (unpaired) electrons. The molecule has 1 aromatic rings. The van der Waals surface area contributed by atoms with Crippen LogP contribution in [0.25, 0.3) is 0 Å². The van der Waals surface area contributed by atoms with Crippen molar-refractivity contribution in [1.29, 1.82) is 0 Å². The highest BCUT2D eigenvalue weighted by Gasteiger charge is 1.89. The number of para-hydroxylation sites is 1. The highest BCUT2D eigenvalue weighted by molar-refractivity contribution is 5.82. The molecule has 0 bridgehead atoms. The molecule has 0 saturated carbocycles. The average Bonchev–Trinajstić information content (AvgIpc) is 2.19. The number of rotatable bonds is 3. The first-order valence-electron chi connectivity index (χ1n) is 3.89. The van der Waals surface area contributed by atoms with Crippen molar-refractivity contribution in [3.63, 3.8) is 0 Å². The van der Waals surface area contributed by atoms with Crippen molar-refractivity contribution >= 4 is 11.7 Å². The molecule has 0 aliphatic carbocycles. The van der Waals surface area contributed by atoms with Gasteiger partial charge >= 0.3 is 5.97 Å². The van der Waals surface area contributed by atoms with E-state index in [4.69, 9.17) is 0 Å². The number of ether oxygens (including phenoxy) is 1. The van der Waals surface area contributed by atoms with Crippen molar-refractivity contribution in [3.05, 3.63) is 42.6 Å². The van der Waals surface area contributed by atoms with Gasteiger partial charge in [0.15, 0.2) is 0 Å². The van der Waals surface area contributed by atoms with Crippen LogP contribution < -0.4 is 5.32 Å². The third kappa shape index (κ3) is 3.42. The van der Waals surface area contributed by atoms with Crippen molar-refractivity contribution in [2.24, 2.45) is 0 Å². The quantitative estimate of drug-likeness (QED) is 0.565. The molecule has 0 spiro atoms. The van der Waals surface area contributed by atoms with E-state index in [1.165, 1.54) is 13.2 Å². The topological polar surface area (TPSA) is 38.3 Å². The SMILES string of the molecule is COC(=O)/C=C\Nc1ccccc1. The summed E-state index contributed by atoms with van der Waals surface area (Å²) in [5.74, 6) is -0.372. The maximum absolute atomic E-state index is 10.7. The number of benzene rings is 1. The Hall–Kier alpha value is -1.77. The summed E-state index contributed by atoms with van der Waals surface area (Å²) in [6.45, 7) is 0. The third-order valence-electron chi connectivity index (χ3n) is 1.44. The Morgan fingerprint density at radius 3 is 2.69 bits per heavy atom. The molecule has 3 nitrogen and oxygen atoms in total. The van der Waals surface area contributed by atoms with Gasteiger partial charge in [0.05, 0.1) is 7.11 Å². The minimum absolute atomic E-state index is 0.372. The van der Waals surface area contributed by atoms with Gasteiger partial charge in [-0.05, 0) is 12.1 Å². The van der Waals surface area contributed by atoms with Crippen LogP contribution in [-0.4, -0.2) is 13.1 Å². The molecule has 1 aromatic carbocycles. The first-order valence-corrected chi connectivity index (χ1v) is 3.89. The number of hydrogen-bond donors (Lipinski definition) is 1. The minimum atomic E-state index is -0.372. The van der Waals surface area contributed by atoms with E-state index < -0.39 is 0 Å². The Labute approximate surface area is 77.0 Å². The van der Waals surface area contributed by atoms with Gasteiger partial charge in [-0.1, -0.05) is 18.2 Å². The summed E-state index contributed by atoms with van der Waals surface area (Å²) in [4.78, 5) is 10.7. The summed E-state index contributed by atoms with van der Waals surface area (Å²) in [5.41, 5.74) is 0.933. The van der Waals surface area contributed by atoms with Crippen molar-refractivity contribution < 1.29 is 9.53 Å². The van der Waals surface area contributed by atoms with E-state index in [0.29, 0.717) is 0 Å². The van der Waals surface area contributed by atoms with E-state index >= 15 is 0 Å². The molecule has 1 rings (SSSR count). The molecule has 0 atom stereocenters. The van der Waals surface area contributed by atoms with Crippen LogP contribution in [0.4, 0.5) is 5.69 Å². The highest BCUT2D eigenvalue weighted by atomic mass is 16.5. The highest BCUT2D eigenvalue weighted by Crippen LogP contribution is 2.03. The number of carbonyl (C=O) groups excluding carboxylic acids is 1. The molecule has 0 heterocycles. The van der Waals surface area contributed by atoms with Crippen LogP contribution in [0.1, 0.15) is 0 Å². The molecule has 3 heteroatoms. The molecule has 0 amide bonds. The predicted molar refractivity (Wildman–Crippen MR) is 51.2 cm³/mol. The number of methoxy groups -OCH3 is 1. The molecule has 0 aliphatic rings. The summed E-state index contributed by atoms with van der Waals surface area (Å²) in [6.07, 6.45) is 2.87. The van der Waals surface area contributed by atoms with Crippen LogP contribution in [-0.2, 0) is 9.53 Å². The Balaban J connectivity index is 2.44. The van der Waals surface area contributed by atoms with Crippen LogP contribution in [0.3, 0.4) is 0 Å². The fourth-order valence-electron chi connectivity index (χ4n) is 0.808. The molecule has 0 fully saturated rings. The van der Waals surface area contributed by atoms with Gasteiger partial charge in [0, 0.05) is 18.0 Å². The fraction of sp³-hybridized carbons (Fsp3) is 0.100. The number of esters is 1. The maximum atomic E-state index is 10.7. The molecular weight excluding hydrogens is 166 g/mol. The molecule has 0 aromatic heterocycles. The second-order valence-electron chi connectivity index (χ2n) is 2.37. The lowest BCUT2D eigenvalue weighted by molar-refractivity contribution is -0.134. The Bertz CT molecular complexity index is 293. The van der Waals surface area contributed by atoms with Gasteiger partial charge in [0.25, 0.3) is 0 Å². The Kier molecular flexibility index (Phi) is 3.57. The van der Waals surface area contributed by atoms with Crippen LogP contribution in [0.2, 0.25) is 0 Å². The van der Waals surface area contributed by atoms with Crippen molar-refractivity contribution in [3.8, 4) is 0 Å². The summed E-state index contributed by atoms with van der Waals surface area (Å²) in [5, 5.41) is 2.93. The van der Waals surface area contributed by atoms with Crippen molar-refractivity contribution in [2.45, 2.75) is 0 Å². The first-order chi connectivity index (χ1) is 6.33. The van der Waals surface area contributed by atoms with Gasteiger partial charge in [0.2, 0.25) is 0 Å². The van der Waals surface area contributed by atoms with Crippen LogP contribution >= 0.6 is 0 Å². The summed E-state index contributed by atoms with van der Waals surface area (Å²) in [7, 11) is 1.34. The maximum Gasteiger partial charge on any atom is 0.331 e. The summed E-state index contributed by atoms with van der Waals surface area (Å²) in [6, 6.07) is 9.56. The molecule has 1 N–H and O–H groups in total. The summed E-state index contributed by atoms with van der Waals surface area (Å²) < 4.78 is 4.42. The van der Waals surface area contributed by atoms with Gasteiger partial charge in [0.1, 0.15) is 0 Å². The van der Waals surface area contributed by atoms with E-state index in [9.17, 15) is 4.79 Å². The zero-order chi connectivity index (χ0) is 9.52. The van der Waals surface area contributed by atoms with E-state index in [0.717, 1.165) is 5.69 Å². The van der Waals surface area contributed by atoms with Gasteiger partial charge in [-0.2, -0.15) is 0 Å². The van der Waals surface area contributed by atoms with Crippen LogP contribution in [0.5, 0.6) is 0 Å². The Morgan fingerprint density at radius 1 is 1.38 bits per heavy atom. The minimum Gasteiger partial charge on any atom is -0.466 e. The van der Waals surface area contributed by atoms with Gasteiger partial charge in [-0.25, -0.2) is 4.79 Å². The average molecular weight is 177 g/mol. The lowest BCUT2D eigenvalue weighted by Gasteiger charge is -1.97. The lowest BCUT2D eigenvalue weighted by Crippen LogP contribution is -1.96. The van der Waals surface area contributed by atoms with Crippen molar-refractivity contribution in [2.75, 3.05) is 12.4 Å². The fourth-order valence-corrected chi connectivity index (χ4v) is 0.808. The molecule has 13 heavy (non-hydrogen) atoms. The second-order valence-corrected chi connectivity index (χ2v) is 2.37. The smallest absolute Gasteiger partial charge is 0.331 e. The molecular formula is C10H11NO2. The molecule has 0 aliphatic heterocycles. The van der Waals surface area contributed by atoms with Crippen molar-refractivity contribution in [1.82, 2.24) is 0 Å². The van der Waals surface area contributed by atoms with E-state index in [-0.39, 0.29) is 5.97 Å². The molecule has 0 unspecified atom stereocenters. The number of carbonyl (C=O) groups is 1. The van der Waals surface area contributed by atoms with Crippen LogP contribution in [0.15, 0.2) is 42.6 Å². The lowest BCUT2D eigenvalue weighted by atomic mass is 10.3. The summed E-state index contributed by atoms with van der Waals surface area (Å²) >= 11 is 0. The normalized spacial score (nSPS) is 9.92. The van der Waals surface area contributed by atoms with E-state index in [1.807, 2.05) is 30.3 Å². The third-order valence-corrected chi connectivity index (χ3v) is 1.44. The van der Waals surface area contributed by atoms with Gasteiger partial charge in [-0.3, -0.25) is 0 Å².